The highest BCUT2D eigenvalue weighted by atomic mass is 32.1. The van der Waals surface area contributed by atoms with E-state index in [-0.39, 0.29) is 12.7 Å². The van der Waals surface area contributed by atoms with Gasteiger partial charge >= 0.3 is 0 Å². The Balaban J connectivity index is 1.52. The number of amides is 1. The van der Waals surface area contributed by atoms with Gasteiger partial charge in [0, 0.05) is 11.3 Å². The topological polar surface area (TPSA) is 78.9 Å². The van der Waals surface area contributed by atoms with E-state index in [2.05, 4.69) is 10.3 Å². The maximum Gasteiger partial charge on any atom is 0.261 e. The van der Waals surface area contributed by atoms with Gasteiger partial charge in [-0.2, -0.15) is 0 Å². The van der Waals surface area contributed by atoms with Crippen molar-refractivity contribution in [2.45, 2.75) is 13.3 Å². The van der Waals surface area contributed by atoms with Crippen LogP contribution < -0.4 is 24.3 Å². The van der Waals surface area contributed by atoms with E-state index in [1.54, 1.807) is 18.2 Å². The van der Waals surface area contributed by atoms with E-state index in [4.69, 9.17) is 18.9 Å². The first-order valence-electron chi connectivity index (χ1n) is 8.96. The molecular weight excluding hydrogens is 392 g/mol. The van der Waals surface area contributed by atoms with Gasteiger partial charge in [-0.15, -0.1) is 11.3 Å². The van der Waals surface area contributed by atoms with E-state index in [1.807, 2.05) is 25.1 Å². The minimum absolute atomic E-state index is 0.252. The lowest BCUT2D eigenvalue weighted by Gasteiger charge is -2.11. The summed E-state index contributed by atoms with van der Waals surface area (Å²) < 4.78 is 21.4. The number of carbonyl (C=O) groups is 1. The summed E-state index contributed by atoms with van der Waals surface area (Å²) in [6.07, 6.45) is 0.693. The van der Waals surface area contributed by atoms with Crippen molar-refractivity contribution < 1.29 is 23.7 Å². The molecule has 1 aromatic heterocycles. The number of nitrogens with one attached hydrogen (secondary N) is 1. The summed E-state index contributed by atoms with van der Waals surface area (Å²) >= 11 is 1.45. The molecule has 1 N–H and O–H groups in total. The molecule has 2 heterocycles. The van der Waals surface area contributed by atoms with Gasteiger partial charge in [-0.25, -0.2) is 4.98 Å². The summed E-state index contributed by atoms with van der Waals surface area (Å²) in [5, 5.41) is 3.40. The molecule has 3 aromatic rings. The number of anilines is 1. The fraction of sp³-hybridized carbons (Fsp3) is 0.238. The van der Waals surface area contributed by atoms with Crippen molar-refractivity contribution >= 4 is 22.4 Å². The van der Waals surface area contributed by atoms with E-state index in [1.165, 1.54) is 25.6 Å². The molecule has 1 amide bonds. The zero-order valence-electron chi connectivity index (χ0n) is 16.3. The molecule has 0 bridgehead atoms. The third-order valence-electron chi connectivity index (χ3n) is 4.56. The van der Waals surface area contributed by atoms with Gasteiger partial charge in [0.05, 0.1) is 25.5 Å². The molecule has 29 heavy (non-hydrogen) atoms. The van der Waals surface area contributed by atoms with Crippen molar-refractivity contribution in [3.05, 3.63) is 58.1 Å². The van der Waals surface area contributed by atoms with Crippen LogP contribution in [0.15, 0.2) is 36.4 Å². The molecule has 0 unspecified atom stereocenters. The van der Waals surface area contributed by atoms with Gasteiger partial charge in [-0.1, -0.05) is 12.1 Å². The Labute approximate surface area is 172 Å². The van der Waals surface area contributed by atoms with Crippen LogP contribution >= 0.6 is 11.3 Å². The molecule has 0 fully saturated rings. The van der Waals surface area contributed by atoms with Crippen molar-refractivity contribution in [3.8, 4) is 23.0 Å². The number of hydrogen-bond donors (Lipinski definition) is 1. The molecule has 2 aromatic carbocycles. The number of ether oxygens (including phenoxy) is 4. The number of nitrogens with zero attached hydrogens (tertiary/aromatic N) is 1. The molecule has 0 aliphatic carbocycles. The Kier molecular flexibility index (Phi) is 5.26. The molecule has 0 saturated heterocycles. The second kappa shape index (κ2) is 8.00. The van der Waals surface area contributed by atoms with Crippen molar-refractivity contribution in [2.75, 3.05) is 26.3 Å². The molecule has 4 rings (SSSR count). The number of benzene rings is 2. The lowest BCUT2D eigenvalue weighted by atomic mass is 10.1. The predicted molar refractivity (Wildman–Crippen MR) is 110 cm³/mol. The molecule has 8 heteroatoms. The summed E-state index contributed by atoms with van der Waals surface area (Å²) in [6, 6.07) is 11.1. The number of methoxy groups -OCH3 is 2. The van der Waals surface area contributed by atoms with E-state index < -0.39 is 0 Å². The molecule has 1 aliphatic heterocycles. The minimum atomic E-state index is -0.302. The zero-order valence-corrected chi connectivity index (χ0v) is 17.1. The number of hydrogen-bond acceptors (Lipinski definition) is 7. The van der Waals surface area contributed by atoms with E-state index >= 15 is 0 Å². The summed E-state index contributed by atoms with van der Waals surface area (Å²) in [6.45, 7) is 2.18. The third-order valence-corrected chi connectivity index (χ3v) is 5.64. The van der Waals surface area contributed by atoms with Gasteiger partial charge < -0.3 is 18.9 Å². The quantitative estimate of drug-likeness (QED) is 0.658. The molecule has 150 valence electrons. The summed E-state index contributed by atoms with van der Waals surface area (Å²) in [4.78, 5) is 18.3. The zero-order chi connectivity index (χ0) is 20.4. The van der Waals surface area contributed by atoms with E-state index in [0.29, 0.717) is 28.6 Å². The molecule has 1 aliphatic rings. The first kappa shape index (κ1) is 19.1. The van der Waals surface area contributed by atoms with Crippen molar-refractivity contribution in [1.29, 1.82) is 0 Å². The van der Waals surface area contributed by atoms with Crippen LogP contribution in [-0.4, -0.2) is 31.9 Å². The standard InChI is InChI=1S/C21H20N2O5S/c1-12-18(10-13-7-8-15-17(9-13)28-11-27-15)29-21(22-12)23-20(24)14-5-4-6-16(25-2)19(14)26-3/h4-9H,10-11H2,1-3H3,(H,22,23,24). The Morgan fingerprint density at radius 1 is 1.17 bits per heavy atom. The lowest BCUT2D eigenvalue weighted by Crippen LogP contribution is -2.13. The number of aromatic nitrogens is 1. The summed E-state index contributed by atoms with van der Waals surface area (Å²) in [5.74, 6) is 2.10. The first-order valence-corrected chi connectivity index (χ1v) is 9.78. The SMILES string of the molecule is COc1cccc(C(=O)Nc2nc(C)c(Cc3ccc4c(c3)OCO4)s2)c1OC. The second-order valence-corrected chi connectivity index (χ2v) is 7.47. The van der Waals surface area contributed by atoms with Crippen molar-refractivity contribution in [1.82, 2.24) is 4.98 Å². The summed E-state index contributed by atoms with van der Waals surface area (Å²) in [5.41, 5.74) is 2.35. The average Bonchev–Trinajstić information content (AvgIpc) is 3.33. The minimum Gasteiger partial charge on any atom is -0.493 e. The van der Waals surface area contributed by atoms with Gasteiger partial charge in [0.15, 0.2) is 28.1 Å². The Bertz CT molecular complexity index is 1060. The van der Waals surface area contributed by atoms with Gasteiger partial charge in [0.25, 0.3) is 5.91 Å². The maximum atomic E-state index is 12.8. The molecule has 0 atom stereocenters. The molecule has 0 radical (unpaired) electrons. The fourth-order valence-electron chi connectivity index (χ4n) is 3.11. The maximum absolute atomic E-state index is 12.8. The Morgan fingerprint density at radius 2 is 2.00 bits per heavy atom. The Morgan fingerprint density at radius 3 is 2.79 bits per heavy atom. The van der Waals surface area contributed by atoms with Crippen LogP contribution in [0.25, 0.3) is 0 Å². The van der Waals surface area contributed by atoms with Gasteiger partial charge in [0.2, 0.25) is 6.79 Å². The first-order chi connectivity index (χ1) is 14.1. The highest BCUT2D eigenvalue weighted by molar-refractivity contribution is 7.15. The van der Waals surface area contributed by atoms with Gasteiger partial charge in [0.1, 0.15) is 0 Å². The monoisotopic (exact) mass is 412 g/mol. The van der Waals surface area contributed by atoms with Crippen LogP contribution in [0, 0.1) is 6.92 Å². The van der Waals surface area contributed by atoms with Crippen LogP contribution in [0.1, 0.15) is 26.5 Å². The Hall–Kier alpha value is -3.26. The molecule has 0 spiro atoms. The molecule has 7 nitrogen and oxygen atoms in total. The highest BCUT2D eigenvalue weighted by Crippen LogP contribution is 2.35. The number of carbonyl (C=O) groups excluding carboxylic acids is 1. The van der Waals surface area contributed by atoms with Crippen LogP contribution in [0.2, 0.25) is 0 Å². The van der Waals surface area contributed by atoms with Gasteiger partial charge in [-0.05, 0) is 36.8 Å². The number of thiazole rings is 1. The largest absolute Gasteiger partial charge is 0.493 e. The number of aryl methyl sites for hydroxylation is 1. The lowest BCUT2D eigenvalue weighted by molar-refractivity contribution is 0.102. The second-order valence-electron chi connectivity index (χ2n) is 6.39. The van der Waals surface area contributed by atoms with Crippen LogP contribution in [0.3, 0.4) is 0 Å². The third kappa shape index (κ3) is 3.84. The van der Waals surface area contributed by atoms with E-state index in [0.717, 1.165) is 27.6 Å². The molecule has 0 saturated carbocycles. The van der Waals surface area contributed by atoms with Crippen LogP contribution in [0.5, 0.6) is 23.0 Å². The number of rotatable bonds is 6. The van der Waals surface area contributed by atoms with Crippen molar-refractivity contribution in [2.24, 2.45) is 0 Å². The average molecular weight is 412 g/mol. The highest BCUT2D eigenvalue weighted by Gasteiger charge is 2.19. The summed E-state index contributed by atoms with van der Waals surface area (Å²) in [7, 11) is 3.04. The van der Waals surface area contributed by atoms with Crippen LogP contribution in [0.4, 0.5) is 5.13 Å². The fourth-order valence-corrected chi connectivity index (χ4v) is 4.10. The normalized spacial score (nSPS) is 12.0. The predicted octanol–water partition coefficient (Wildman–Crippen LogP) is 4.04. The van der Waals surface area contributed by atoms with Gasteiger partial charge in [-0.3, -0.25) is 10.1 Å². The van der Waals surface area contributed by atoms with Crippen LogP contribution in [-0.2, 0) is 6.42 Å². The smallest absolute Gasteiger partial charge is 0.261 e. The molecular formula is C21H20N2O5S. The van der Waals surface area contributed by atoms with Crippen molar-refractivity contribution in [3.63, 3.8) is 0 Å². The van der Waals surface area contributed by atoms with E-state index in [9.17, 15) is 4.79 Å². The number of fused-ring (bicyclic) bond motifs is 1. The number of para-hydroxylation sites is 1.